The number of fused-ring (bicyclic) bond motifs is 3. The molecule has 2 heterocycles. The quantitative estimate of drug-likeness (QED) is 0.239. The fourth-order valence-electron chi connectivity index (χ4n) is 2.89. The van der Waals surface area contributed by atoms with Gasteiger partial charge in [0.1, 0.15) is 5.82 Å². The highest BCUT2D eigenvalue weighted by Gasteiger charge is 2.19. The van der Waals surface area contributed by atoms with Crippen LogP contribution in [-0.2, 0) is 6.54 Å². The third-order valence-corrected chi connectivity index (χ3v) is 3.86. The minimum absolute atomic E-state index is 0. The van der Waals surface area contributed by atoms with Gasteiger partial charge in [-0.05, 0) is 13.0 Å². The highest BCUT2D eigenvalue weighted by Crippen LogP contribution is 2.26. The SMILES string of the molecule is C.CC.CC.CC.CC.Cc1ncc2n1-c1ccccc1C(c1ccccc1)=NC2.II. The van der Waals surface area contributed by atoms with E-state index in [9.17, 15) is 0 Å². The number of hydrogen-bond donors (Lipinski definition) is 0. The van der Waals surface area contributed by atoms with Gasteiger partial charge in [0.2, 0.25) is 0 Å². The molecule has 0 saturated heterocycles. The summed E-state index contributed by atoms with van der Waals surface area (Å²) in [6, 6.07) is 18.8. The van der Waals surface area contributed by atoms with E-state index >= 15 is 0 Å². The van der Waals surface area contributed by atoms with Gasteiger partial charge in [-0.3, -0.25) is 9.56 Å². The standard InChI is InChI=1S/C18H15N3.4C2H6.CH4.I2/c1-13-19-11-15-12-20-18(14-7-3-2-4-8-14)16-9-5-6-10-17(16)21(13)15;4*1-2;;1-2/h2-11H,12H2,1H3;4*1-2H3;1H4;. The normalized spacial score (nSPS) is 9.53. The van der Waals surface area contributed by atoms with Crippen molar-refractivity contribution in [3.05, 3.63) is 83.4 Å². The molecule has 0 fully saturated rings. The maximum absolute atomic E-state index is 4.85. The molecule has 2 aromatic carbocycles. The molecule has 1 aliphatic heterocycles. The summed E-state index contributed by atoms with van der Waals surface area (Å²) in [6.45, 7) is 18.7. The van der Waals surface area contributed by atoms with Crippen LogP contribution in [0.5, 0.6) is 0 Å². The second-order valence-electron chi connectivity index (χ2n) is 5.18. The number of aliphatic imine (C=N–C) groups is 1. The number of rotatable bonds is 1. The van der Waals surface area contributed by atoms with Crippen LogP contribution in [0.15, 0.2) is 65.8 Å². The van der Waals surface area contributed by atoms with Crippen LogP contribution in [0.4, 0.5) is 0 Å². The van der Waals surface area contributed by atoms with Crippen molar-refractivity contribution in [2.24, 2.45) is 4.99 Å². The van der Waals surface area contributed by atoms with E-state index < -0.39 is 0 Å². The van der Waals surface area contributed by atoms with Crippen molar-refractivity contribution in [3.8, 4) is 5.69 Å². The van der Waals surface area contributed by atoms with Gasteiger partial charge in [0, 0.05) is 48.4 Å². The van der Waals surface area contributed by atoms with E-state index in [0.29, 0.717) is 6.54 Å². The molecule has 32 heavy (non-hydrogen) atoms. The molecule has 5 heteroatoms. The van der Waals surface area contributed by atoms with Crippen molar-refractivity contribution in [3.63, 3.8) is 0 Å². The van der Waals surface area contributed by atoms with Gasteiger partial charge in [-0.2, -0.15) is 0 Å². The predicted molar refractivity (Wildman–Crippen MR) is 164 cm³/mol. The van der Waals surface area contributed by atoms with E-state index in [1.807, 2.05) is 74.6 Å². The van der Waals surface area contributed by atoms with E-state index in [1.165, 1.54) is 0 Å². The molecule has 180 valence electrons. The van der Waals surface area contributed by atoms with Crippen LogP contribution in [-0.4, -0.2) is 15.3 Å². The summed E-state index contributed by atoms with van der Waals surface area (Å²) in [5.74, 6) is 1.00. The first-order chi connectivity index (χ1) is 15.3. The number of halogens is 2. The average molecular weight is 663 g/mol. The van der Waals surface area contributed by atoms with Gasteiger partial charge < -0.3 is 0 Å². The first-order valence-electron chi connectivity index (χ1n) is 11.2. The monoisotopic (exact) mass is 663 g/mol. The van der Waals surface area contributed by atoms with Crippen LogP contribution in [0.25, 0.3) is 5.69 Å². The first kappa shape index (κ1) is 35.4. The lowest BCUT2D eigenvalue weighted by Gasteiger charge is -2.12. The number of aromatic nitrogens is 2. The fraction of sp³-hybridized carbons (Fsp3) is 0.407. The van der Waals surface area contributed by atoms with Crippen molar-refractivity contribution in [1.82, 2.24) is 9.55 Å². The van der Waals surface area contributed by atoms with E-state index in [0.717, 1.165) is 34.0 Å². The molecular weight excluding hydrogens is 620 g/mol. The molecule has 1 aliphatic rings. The smallest absolute Gasteiger partial charge is 0.110 e. The largest absolute Gasteiger partial charge is 0.298 e. The van der Waals surface area contributed by atoms with Gasteiger partial charge in [-0.15, -0.1) is 0 Å². The molecule has 0 atom stereocenters. The Hall–Kier alpha value is -1.22. The molecule has 1 aromatic heterocycles. The van der Waals surface area contributed by atoms with E-state index in [1.54, 1.807) is 0 Å². The molecule has 3 nitrogen and oxygen atoms in total. The molecule has 4 rings (SSSR count). The predicted octanol–water partition coefficient (Wildman–Crippen LogP) is 10.0. The maximum atomic E-state index is 4.85. The molecule has 0 amide bonds. The Morgan fingerprint density at radius 1 is 0.750 bits per heavy atom. The van der Waals surface area contributed by atoms with Gasteiger partial charge in [0.15, 0.2) is 0 Å². The number of imidazole rings is 1. The van der Waals surface area contributed by atoms with Crippen molar-refractivity contribution in [1.29, 1.82) is 0 Å². The summed E-state index contributed by atoms with van der Waals surface area (Å²) in [4.78, 5) is 9.28. The summed E-state index contributed by atoms with van der Waals surface area (Å²) >= 11 is 4.24. The molecule has 0 bridgehead atoms. The van der Waals surface area contributed by atoms with Crippen molar-refractivity contribution in [2.75, 3.05) is 0 Å². The molecule has 3 aromatic rings. The molecule has 0 unspecified atom stereocenters. The van der Waals surface area contributed by atoms with Crippen molar-refractivity contribution >= 4 is 42.9 Å². The number of benzene rings is 2. The van der Waals surface area contributed by atoms with Gasteiger partial charge >= 0.3 is 0 Å². The van der Waals surface area contributed by atoms with Crippen LogP contribution in [0.1, 0.15) is 85.5 Å². The summed E-state index contributed by atoms with van der Waals surface area (Å²) in [5, 5.41) is 0. The Balaban J connectivity index is -0.000000681. The molecule has 0 radical (unpaired) electrons. The third kappa shape index (κ3) is 9.73. The van der Waals surface area contributed by atoms with Crippen LogP contribution in [0, 0.1) is 6.92 Å². The van der Waals surface area contributed by atoms with Gasteiger partial charge in [-0.1, -0.05) is 111 Å². The van der Waals surface area contributed by atoms with Crippen molar-refractivity contribution < 1.29 is 0 Å². The van der Waals surface area contributed by atoms with Gasteiger partial charge in [0.05, 0.1) is 29.8 Å². The van der Waals surface area contributed by atoms with Crippen LogP contribution < -0.4 is 0 Å². The minimum Gasteiger partial charge on any atom is -0.298 e. The zero-order valence-corrected chi connectivity index (χ0v) is 24.9. The van der Waals surface area contributed by atoms with E-state index in [-0.39, 0.29) is 7.43 Å². The Labute approximate surface area is 221 Å². The lowest BCUT2D eigenvalue weighted by atomic mass is 10.0. The average Bonchev–Trinajstić information content (AvgIpc) is 3.17. The van der Waals surface area contributed by atoms with Gasteiger partial charge in [0.25, 0.3) is 0 Å². The van der Waals surface area contributed by atoms with Crippen molar-refractivity contribution in [2.45, 2.75) is 76.3 Å². The van der Waals surface area contributed by atoms with Crippen LogP contribution in [0.3, 0.4) is 0 Å². The summed E-state index contributed by atoms with van der Waals surface area (Å²) < 4.78 is 2.20. The Morgan fingerprint density at radius 3 is 1.81 bits per heavy atom. The Kier molecular flexibility index (Phi) is 25.4. The Bertz CT molecular complexity index is 841. The highest BCUT2D eigenvalue weighted by atomic mass is 128. The van der Waals surface area contributed by atoms with Gasteiger partial charge in [-0.25, -0.2) is 4.98 Å². The lowest BCUT2D eigenvalue weighted by molar-refractivity contribution is 0.889. The number of nitrogens with zero attached hydrogens (tertiary/aromatic N) is 3. The second kappa shape index (κ2) is 23.0. The molecule has 0 saturated carbocycles. The molecule has 0 aliphatic carbocycles. The third-order valence-electron chi connectivity index (χ3n) is 3.86. The number of hydrogen-bond acceptors (Lipinski definition) is 2. The fourth-order valence-corrected chi connectivity index (χ4v) is 2.89. The summed E-state index contributed by atoms with van der Waals surface area (Å²) in [6.07, 6.45) is 1.92. The number of para-hydroxylation sites is 1. The first-order valence-corrected chi connectivity index (χ1v) is 17.5. The van der Waals surface area contributed by atoms with Crippen LogP contribution in [0.2, 0.25) is 0 Å². The summed E-state index contributed by atoms with van der Waals surface area (Å²) in [7, 11) is 0. The summed E-state index contributed by atoms with van der Waals surface area (Å²) in [5.41, 5.74) is 5.65. The maximum Gasteiger partial charge on any atom is 0.110 e. The molecule has 0 N–H and O–H groups in total. The zero-order chi connectivity index (χ0) is 24.2. The number of aryl methyl sites for hydroxylation is 1. The topological polar surface area (TPSA) is 30.2 Å². The van der Waals surface area contributed by atoms with E-state index in [4.69, 9.17) is 4.99 Å². The lowest BCUT2D eigenvalue weighted by Crippen LogP contribution is -2.07. The zero-order valence-electron chi connectivity index (χ0n) is 20.6. The molecular formula is C27H43I2N3. The molecule has 0 spiro atoms. The van der Waals surface area contributed by atoms with Crippen LogP contribution >= 0.6 is 37.2 Å². The minimum atomic E-state index is 0. The highest BCUT2D eigenvalue weighted by molar-refractivity contribution is 15.0. The van der Waals surface area contributed by atoms with E-state index in [2.05, 4.69) is 95.3 Å². The Morgan fingerprint density at radius 2 is 1.25 bits per heavy atom. The second-order valence-corrected chi connectivity index (χ2v) is 5.18.